The summed E-state index contributed by atoms with van der Waals surface area (Å²) < 4.78 is 11.6. The van der Waals surface area contributed by atoms with Crippen LogP contribution in [0.25, 0.3) is 10.8 Å². The number of rotatable bonds is 9. The highest BCUT2D eigenvalue weighted by Crippen LogP contribution is 2.37. The molecule has 0 saturated carbocycles. The van der Waals surface area contributed by atoms with Crippen LogP contribution < -0.4 is 20.1 Å². The summed E-state index contributed by atoms with van der Waals surface area (Å²) in [5.74, 6) is 0.458. The topological polar surface area (TPSA) is 76.7 Å². The lowest BCUT2D eigenvalue weighted by atomic mass is 10.0. The lowest BCUT2D eigenvalue weighted by Gasteiger charge is -2.18. The summed E-state index contributed by atoms with van der Waals surface area (Å²) in [6, 6.07) is 26.3. The molecule has 0 spiro atoms. The monoisotopic (exact) mass is 468 g/mol. The maximum absolute atomic E-state index is 12.9. The van der Waals surface area contributed by atoms with E-state index in [1.54, 1.807) is 36.4 Å². The molecule has 2 N–H and O–H groups in total. The summed E-state index contributed by atoms with van der Waals surface area (Å²) in [6.07, 6.45) is 0.215. The Morgan fingerprint density at radius 1 is 0.686 bits per heavy atom. The number of fused-ring (bicyclic) bond motifs is 1. The summed E-state index contributed by atoms with van der Waals surface area (Å²) in [5, 5.41) is 8.05. The van der Waals surface area contributed by atoms with Gasteiger partial charge in [-0.15, -0.1) is 0 Å². The van der Waals surface area contributed by atoms with Gasteiger partial charge in [0.25, 0.3) is 5.91 Å². The Morgan fingerprint density at radius 3 is 1.94 bits per heavy atom. The second-order valence-corrected chi connectivity index (χ2v) is 7.94. The Labute approximate surface area is 204 Å². The molecule has 0 aliphatic heterocycles. The number of amides is 2. The Morgan fingerprint density at radius 2 is 1.29 bits per heavy atom. The van der Waals surface area contributed by atoms with Crippen molar-refractivity contribution in [2.24, 2.45) is 0 Å². The van der Waals surface area contributed by atoms with Gasteiger partial charge in [0.1, 0.15) is 11.5 Å². The zero-order valence-corrected chi connectivity index (χ0v) is 19.8. The zero-order chi connectivity index (χ0) is 24.6. The third kappa shape index (κ3) is 5.98. The van der Waals surface area contributed by atoms with Crippen LogP contribution in [0.1, 0.15) is 29.8 Å². The largest absolute Gasteiger partial charge is 0.492 e. The van der Waals surface area contributed by atoms with E-state index in [0.717, 1.165) is 16.3 Å². The standard InChI is InChI=1S/C29H28N2O4/c1-3-34-26-19-25(31-29(33)22-11-6-5-7-12-22)27(35-4-2)18-24(26)30-28(32)17-20-14-15-21-10-8-9-13-23(21)16-20/h5-16,18-19H,3-4,17H2,1-2H3,(H,30,32)(H,31,33). The van der Waals surface area contributed by atoms with Gasteiger partial charge in [0.15, 0.2) is 0 Å². The van der Waals surface area contributed by atoms with E-state index in [1.165, 1.54) is 0 Å². The molecule has 6 heteroatoms. The van der Waals surface area contributed by atoms with Gasteiger partial charge in [-0.1, -0.05) is 60.7 Å². The van der Waals surface area contributed by atoms with Crippen molar-refractivity contribution in [3.8, 4) is 11.5 Å². The van der Waals surface area contributed by atoms with Crippen LogP contribution in [0.5, 0.6) is 11.5 Å². The highest BCUT2D eigenvalue weighted by atomic mass is 16.5. The van der Waals surface area contributed by atoms with Crippen LogP contribution in [0, 0.1) is 0 Å². The molecule has 2 amide bonds. The highest BCUT2D eigenvalue weighted by Gasteiger charge is 2.17. The second-order valence-electron chi connectivity index (χ2n) is 7.94. The van der Waals surface area contributed by atoms with Gasteiger partial charge in [0, 0.05) is 17.7 Å². The molecule has 0 bridgehead atoms. The summed E-state index contributed by atoms with van der Waals surface area (Å²) in [5.41, 5.74) is 2.40. The van der Waals surface area contributed by atoms with E-state index in [-0.39, 0.29) is 18.2 Å². The van der Waals surface area contributed by atoms with E-state index in [1.807, 2.05) is 62.4 Å². The van der Waals surface area contributed by atoms with Gasteiger partial charge >= 0.3 is 0 Å². The number of ether oxygens (including phenoxy) is 2. The average Bonchev–Trinajstić information content (AvgIpc) is 2.87. The number of anilines is 2. The molecule has 4 rings (SSSR count). The molecule has 0 unspecified atom stereocenters. The molecule has 35 heavy (non-hydrogen) atoms. The first-order chi connectivity index (χ1) is 17.1. The first-order valence-corrected chi connectivity index (χ1v) is 11.6. The summed E-state index contributed by atoms with van der Waals surface area (Å²) in [6.45, 7) is 4.51. The van der Waals surface area contributed by atoms with Crippen molar-refractivity contribution in [1.82, 2.24) is 0 Å². The van der Waals surface area contributed by atoms with Gasteiger partial charge in [0.2, 0.25) is 5.91 Å². The van der Waals surface area contributed by atoms with Crippen molar-refractivity contribution in [1.29, 1.82) is 0 Å². The van der Waals surface area contributed by atoms with Crippen molar-refractivity contribution < 1.29 is 19.1 Å². The Bertz CT molecular complexity index is 1340. The normalized spacial score (nSPS) is 10.6. The number of benzene rings is 4. The van der Waals surface area contributed by atoms with E-state index >= 15 is 0 Å². The maximum atomic E-state index is 12.9. The molecule has 0 radical (unpaired) electrons. The molecule has 0 aliphatic rings. The quantitative estimate of drug-likeness (QED) is 0.313. The van der Waals surface area contributed by atoms with Crippen molar-refractivity contribution >= 4 is 34.0 Å². The SMILES string of the molecule is CCOc1cc(NC(=O)c2ccccc2)c(OCC)cc1NC(=O)Cc1ccc2ccccc2c1. The lowest BCUT2D eigenvalue weighted by molar-refractivity contribution is -0.115. The minimum Gasteiger partial charge on any atom is -0.492 e. The molecular formula is C29H28N2O4. The van der Waals surface area contributed by atoms with Gasteiger partial charge < -0.3 is 20.1 Å². The zero-order valence-electron chi connectivity index (χ0n) is 19.8. The van der Waals surface area contributed by atoms with E-state index in [4.69, 9.17) is 9.47 Å². The molecule has 0 heterocycles. The average molecular weight is 469 g/mol. The fourth-order valence-electron chi connectivity index (χ4n) is 3.82. The van der Waals surface area contributed by atoms with Crippen LogP contribution in [0.3, 0.4) is 0 Å². The van der Waals surface area contributed by atoms with E-state index in [0.29, 0.717) is 41.7 Å². The molecule has 0 saturated heterocycles. The Kier molecular flexibility index (Phi) is 7.63. The smallest absolute Gasteiger partial charge is 0.255 e. The minimum absolute atomic E-state index is 0.176. The fraction of sp³-hybridized carbons (Fsp3) is 0.172. The number of carbonyl (C=O) groups excluding carboxylic acids is 2. The van der Waals surface area contributed by atoms with Crippen molar-refractivity contribution in [3.05, 3.63) is 96.1 Å². The first-order valence-electron chi connectivity index (χ1n) is 11.6. The Hall–Kier alpha value is -4.32. The van der Waals surface area contributed by atoms with E-state index in [2.05, 4.69) is 10.6 Å². The fourth-order valence-corrected chi connectivity index (χ4v) is 3.82. The van der Waals surface area contributed by atoms with Crippen LogP contribution >= 0.6 is 0 Å². The molecule has 0 aromatic heterocycles. The highest BCUT2D eigenvalue weighted by molar-refractivity contribution is 6.05. The lowest BCUT2D eigenvalue weighted by Crippen LogP contribution is -2.17. The van der Waals surface area contributed by atoms with E-state index in [9.17, 15) is 9.59 Å². The molecule has 0 atom stereocenters. The molecular weight excluding hydrogens is 440 g/mol. The molecule has 4 aromatic carbocycles. The van der Waals surface area contributed by atoms with Gasteiger partial charge in [-0.3, -0.25) is 9.59 Å². The van der Waals surface area contributed by atoms with Gasteiger partial charge in [-0.25, -0.2) is 0 Å². The third-order valence-corrected chi connectivity index (χ3v) is 5.42. The summed E-state index contributed by atoms with van der Waals surface area (Å²) in [4.78, 5) is 25.6. The number of hydrogen-bond acceptors (Lipinski definition) is 4. The number of nitrogens with one attached hydrogen (secondary N) is 2. The predicted molar refractivity (Wildman–Crippen MR) is 139 cm³/mol. The molecule has 0 aliphatic carbocycles. The summed E-state index contributed by atoms with van der Waals surface area (Å²) in [7, 11) is 0. The molecule has 178 valence electrons. The van der Waals surface area contributed by atoms with Crippen molar-refractivity contribution in [2.75, 3.05) is 23.8 Å². The van der Waals surface area contributed by atoms with Crippen molar-refractivity contribution in [3.63, 3.8) is 0 Å². The van der Waals surface area contributed by atoms with Crippen molar-refractivity contribution in [2.45, 2.75) is 20.3 Å². The van der Waals surface area contributed by atoms with Crippen LogP contribution in [-0.2, 0) is 11.2 Å². The Balaban J connectivity index is 1.57. The van der Waals surface area contributed by atoms with Crippen LogP contribution in [-0.4, -0.2) is 25.0 Å². The number of hydrogen-bond donors (Lipinski definition) is 2. The number of carbonyl (C=O) groups is 2. The van der Waals surface area contributed by atoms with Crippen LogP contribution in [0.2, 0.25) is 0 Å². The molecule has 6 nitrogen and oxygen atoms in total. The second kappa shape index (κ2) is 11.2. The van der Waals surface area contributed by atoms with Crippen LogP contribution in [0.4, 0.5) is 11.4 Å². The first kappa shape index (κ1) is 23.8. The van der Waals surface area contributed by atoms with E-state index < -0.39 is 0 Å². The minimum atomic E-state index is -0.262. The predicted octanol–water partition coefficient (Wildman–Crippen LogP) is 6.07. The molecule has 4 aromatic rings. The maximum Gasteiger partial charge on any atom is 0.255 e. The van der Waals surface area contributed by atoms with Gasteiger partial charge in [0.05, 0.1) is 31.0 Å². The van der Waals surface area contributed by atoms with Gasteiger partial charge in [-0.2, -0.15) is 0 Å². The molecule has 0 fully saturated rings. The summed E-state index contributed by atoms with van der Waals surface area (Å²) >= 11 is 0. The third-order valence-electron chi connectivity index (χ3n) is 5.42. The van der Waals surface area contributed by atoms with Gasteiger partial charge in [-0.05, 0) is 42.3 Å². The van der Waals surface area contributed by atoms with Crippen LogP contribution in [0.15, 0.2) is 84.9 Å².